The molecule has 0 N–H and O–H groups in total. The molecule has 5 rings (SSSR count). The number of carbonyl (C=O) groups is 1. The highest BCUT2D eigenvalue weighted by atomic mass is 32.2. The van der Waals surface area contributed by atoms with E-state index >= 15 is 0 Å². The smallest absolute Gasteiger partial charge is 0.266 e. The van der Waals surface area contributed by atoms with Gasteiger partial charge in [-0.3, -0.25) is 4.79 Å². The zero-order valence-corrected chi connectivity index (χ0v) is 20.9. The topological polar surface area (TPSA) is 85.2 Å². The van der Waals surface area contributed by atoms with Gasteiger partial charge in [-0.05, 0) is 31.2 Å². The first kappa shape index (κ1) is 24.1. The van der Waals surface area contributed by atoms with E-state index in [0.717, 1.165) is 15.4 Å². The minimum Gasteiger partial charge on any atom is -0.290 e. The van der Waals surface area contributed by atoms with Gasteiger partial charge in [-0.1, -0.05) is 102 Å². The van der Waals surface area contributed by atoms with E-state index in [9.17, 15) is 13.2 Å². The fraction of sp³-hybridized carbons (Fsp3) is 0.0690. The van der Waals surface area contributed by atoms with Gasteiger partial charge in [-0.25, -0.2) is 17.4 Å². The average molecular weight is 509 g/mol. The summed E-state index contributed by atoms with van der Waals surface area (Å²) < 4.78 is 30.8. The van der Waals surface area contributed by atoms with E-state index in [1.165, 1.54) is 4.68 Å². The van der Waals surface area contributed by atoms with E-state index < -0.39 is 22.0 Å². The number of para-hydroxylation sites is 1. The predicted octanol–water partition coefficient (Wildman–Crippen LogP) is 5.53. The number of sulfonamides is 1. The van der Waals surface area contributed by atoms with Crippen molar-refractivity contribution in [2.75, 3.05) is 4.31 Å². The number of carbonyl (C=O) groups excluding carboxylic acids is 1. The van der Waals surface area contributed by atoms with Gasteiger partial charge in [0.2, 0.25) is 11.9 Å². The summed E-state index contributed by atoms with van der Waals surface area (Å²) in [7, 11) is -4.20. The summed E-state index contributed by atoms with van der Waals surface area (Å²) >= 11 is 0. The number of nitrogens with zero attached hydrogens (tertiary/aromatic N) is 4. The van der Waals surface area contributed by atoms with Crippen LogP contribution < -0.4 is 4.31 Å². The highest BCUT2D eigenvalue weighted by Gasteiger charge is 2.39. The Labute approximate surface area is 215 Å². The molecule has 5 aromatic rings. The molecule has 4 aromatic carbocycles. The van der Waals surface area contributed by atoms with Crippen LogP contribution in [0.25, 0.3) is 11.3 Å². The first-order chi connectivity index (χ1) is 17.9. The maximum absolute atomic E-state index is 14.2. The zero-order chi connectivity index (χ0) is 25.8. The van der Waals surface area contributed by atoms with E-state index in [2.05, 4.69) is 10.3 Å². The lowest BCUT2D eigenvalue weighted by atomic mass is 10.1. The fourth-order valence-electron chi connectivity index (χ4n) is 4.03. The molecule has 0 aliphatic heterocycles. The number of aromatic nitrogens is 3. The average Bonchev–Trinajstić information content (AvgIpc) is 3.43. The predicted molar refractivity (Wildman–Crippen MR) is 143 cm³/mol. The number of aryl methyl sites for hydroxylation is 1. The second-order valence-corrected chi connectivity index (χ2v) is 10.3. The zero-order valence-electron chi connectivity index (χ0n) is 20.0. The lowest BCUT2D eigenvalue weighted by Crippen LogP contribution is -2.42. The normalized spacial score (nSPS) is 12.1. The molecule has 0 saturated carbocycles. The molecule has 184 valence electrons. The van der Waals surface area contributed by atoms with E-state index in [0.29, 0.717) is 16.9 Å². The molecule has 0 aliphatic rings. The van der Waals surface area contributed by atoms with Crippen molar-refractivity contribution in [3.05, 3.63) is 133 Å². The summed E-state index contributed by atoms with van der Waals surface area (Å²) in [6.07, 6.45) is 0.239. The van der Waals surface area contributed by atoms with Crippen LogP contribution in [-0.2, 0) is 10.0 Å². The van der Waals surface area contributed by atoms with E-state index in [4.69, 9.17) is 0 Å². The lowest BCUT2D eigenvalue weighted by molar-refractivity contribution is 0.0922. The summed E-state index contributed by atoms with van der Waals surface area (Å²) in [6.45, 7) is 1.88. The number of anilines is 1. The van der Waals surface area contributed by atoms with Crippen molar-refractivity contribution in [2.45, 2.75) is 18.0 Å². The van der Waals surface area contributed by atoms with Gasteiger partial charge in [0.05, 0.1) is 16.8 Å². The van der Waals surface area contributed by atoms with Crippen molar-refractivity contribution in [2.24, 2.45) is 0 Å². The Bertz CT molecular complexity index is 1600. The van der Waals surface area contributed by atoms with Crippen LogP contribution >= 0.6 is 0 Å². The number of hydrogen-bond acceptors (Lipinski definition) is 5. The molecule has 0 fully saturated rings. The third-order valence-corrected chi connectivity index (χ3v) is 7.73. The maximum Gasteiger partial charge on any atom is 0.266 e. The number of Topliss-reactive ketones (excluding diaryl/α,β-unsaturated/α-hetero) is 1. The van der Waals surface area contributed by atoms with Crippen LogP contribution in [0.4, 0.5) is 5.69 Å². The minimum absolute atomic E-state index is 0.0659. The van der Waals surface area contributed by atoms with Gasteiger partial charge in [-0.2, -0.15) is 0 Å². The molecular formula is C29H24N4O3S. The van der Waals surface area contributed by atoms with Crippen LogP contribution in [-0.4, -0.2) is 29.2 Å². The van der Waals surface area contributed by atoms with Gasteiger partial charge in [0.25, 0.3) is 10.0 Å². The molecule has 37 heavy (non-hydrogen) atoms. The third kappa shape index (κ3) is 4.92. The minimum atomic E-state index is -4.20. The Hall–Kier alpha value is -4.56. The van der Waals surface area contributed by atoms with Crippen molar-refractivity contribution in [1.82, 2.24) is 15.0 Å². The molecule has 0 amide bonds. The molecule has 1 aromatic heterocycles. The molecular weight excluding hydrogens is 484 g/mol. The van der Waals surface area contributed by atoms with Gasteiger partial charge < -0.3 is 0 Å². The van der Waals surface area contributed by atoms with Crippen molar-refractivity contribution in [1.29, 1.82) is 0 Å². The first-order valence-corrected chi connectivity index (χ1v) is 13.1. The highest BCUT2D eigenvalue weighted by molar-refractivity contribution is 7.92. The van der Waals surface area contributed by atoms with Crippen molar-refractivity contribution in [3.63, 3.8) is 0 Å². The summed E-state index contributed by atoms with van der Waals surface area (Å²) in [5, 5.41) is 8.51. The van der Waals surface area contributed by atoms with Crippen LogP contribution in [0.1, 0.15) is 22.1 Å². The third-order valence-electron chi connectivity index (χ3n) is 5.93. The van der Waals surface area contributed by atoms with Crippen LogP contribution in [0, 0.1) is 6.92 Å². The fourth-order valence-corrected chi connectivity index (χ4v) is 5.59. The summed E-state index contributed by atoms with van der Waals surface area (Å²) in [5.41, 5.74) is 2.92. The van der Waals surface area contributed by atoms with Crippen LogP contribution in [0.2, 0.25) is 0 Å². The van der Waals surface area contributed by atoms with Crippen molar-refractivity contribution >= 4 is 21.5 Å². The summed E-state index contributed by atoms with van der Waals surface area (Å²) in [6, 6.07) is 33.1. The van der Waals surface area contributed by atoms with Crippen LogP contribution in [0.3, 0.4) is 0 Å². The summed E-state index contributed by atoms with van der Waals surface area (Å²) in [5.74, 6) is -0.440. The van der Waals surface area contributed by atoms with Gasteiger partial charge in [0, 0.05) is 11.1 Å². The molecule has 0 bridgehead atoms. The molecule has 0 saturated heterocycles. The molecule has 8 heteroatoms. The molecule has 0 radical (unpaired) electrons. The molecule has 1 atom stereocenters. The Morgan fingerprint density at radius 1 is 0.784 bits per heavy atom. The van der Waals surface area contributed by atoms with Crippen molar-refractivity contribution in [3.8, 4) is 11.3 Å². The van der Waals surface area contributed by atoms with Crippen LogP contribution in [0.5, 0.6) is 0 Å². The second kappa shape index (κ2) is 10.2. The SMILES string of the molecule is Cc1ccc(S(=O)(=O)N(c2ccccc2)C(C(=O)c2ccccc2)n2cc(-c3ccccc3)nn2)cc1. The number of benzene rings is 4. The monoisotopic (exact) mass is 508 g/mol. The van der Waals surface area contributed by atoms with Gasteiger partial charge >= 0.3 is 0 Å². The van der Waals surface area contributed by atoms with E-state index in [1.54, 1.807) is 91.1 Å². The Morgan fingerprint density at radius 2 is 1.35 bits per heavy atom. The van der Waals surface area contributed by atoms with Gasteiger partial charge in [-0.15, -0.1) is 5.10 Å². The Balaban J connectivity index is 1.72. The number of hydrogen-bond donors (Lipinski definition) is 0. The van der Waals surface area contributed by atoms with Crippen molar-refractivity contribution < 1.29 is 13.2 Å². The lowest BCUT2D eigenvalue weighted by Gasteiger charge is -2.31. The summed E-state index contributed by atoms with van der Waals surface area (Å²) in [4.78, 5) is 14.1. The molecule has 7 nitrogen and oxygen atoms in total. The molecule has 1 heterocycles. The Kier molecular flexibility index (Phi) is 6.66. The number of ketones is 1. The largest absolute Gasteiger partial charge is 0.290 e. The highest BCUT2D eigenvalue weighted by Crippen LogP contribution is 2.33. The second-order valence-electron chi connectivity index (χ2n) is 8.50. The van der Waals surface area contributed by atoms with E-state index in [-0.39, 0.29) is 4.90 Å². The van der Waals surface area contributed by atoms with E-state index in [1.807, 2.05) is 37.3 Å². The molecule has 1 unspecified atom stereocenters. The van der Waals surface area contributed by atoms with Crippen LogP contribution in [0.15, 0.2) is 126 Å². The number of rotatable bonds is 8. The molecule has 0 aliphatic carbocycles. The molecule has 0 spiro atoms. The van der Waals surface area contributed by atoms with Gasteiger partial charge in [0.15, 0.2) is 0 Å². The first-order valence-electron chi connectivity index (χ1n) is 11.7. The Morgan fingerprint density at radius 3 is 1.97 bits per heavy atom. The van der Waals surface area contributed by atoms with Gasteiger partial charge in [0.1, 0.15) is 5.69 Å². The standard InChI is InChI=1S/C29H24N4O3S/c1-22-17-19-26(20-18-22)37(35,36)33(25-15-9-4-10-16-25)29(28(34)24-13-7-3-8-14-24)32-21-27(30-31-32)23-11-5-2-6-12-23/h2-21,29H,1H3. The quantitative estimate of drug-likeness (QED) is 0.257. The maximum atomic E-state index is 14.2.